The highest BCUT2D eigenvalue weighted by Crippen LogP contribution is 2.08. The van der Waals surface area contributed by atoms with Crippen molar-refractivity contribution >= 4 is 23.7 Å². The molecule has 0 bridgehead atoms. The fraction of sp³-hybridized carbons (Fsp3) is 0.565. The van der Waals surface area contributed by atoms with E-state index in [1.54, 1.807) is 24.3 Å². The van der Waals surface area contributed by atoms with Crippen LogP contribution in [0.5, 0.6) is 0 Å². The normalized spacial score (nSPS) is 17.9. The predicted octanol–water partition coefficient (Wildman–Crippen LogP) is -1.36. The fourth-order valence-corrected chi connectivity index (χ4v) is 3.73. The molecule has 1 heterocycles. The summed E-state index contributed by atoms with van der Waals surface area (Å²) in [5.41, 5.74) is 6.21. The Labute approximate surface area is 198 Å². The maximum absolute atomic E-state index is 13.0. The zero-order chi connectivity index (χ0) is 24.9. The van der Waals surface area contributed by atoms with Gasteiger partial charge in [0.25, 0.3) is 0 Å². The average molecular weight is 478 g/mol. The van der Waals surface area contributed by atoms with Crippen LogP contribution < -0.4 is 27.0 Å². The van der Waals surface area contributed by atoms with Crippen molar-refractivity contribution < 1.29 is 29.4 Å². The summed E-state index contributed by atoms with van der Waals surface area (Å²) >= 11 is 0. The van der Waals surface area contributed by atoms with Gasteiger partial charge >= 0.3 is 5.97 Å². The first-order valence-corrected chi connectivity index (χ1v) is 11.6. The smallest absolute Gasteiger partial charge is 0.326 e. The number of unbranched alkanes of at least 4 members (excludes halogenated alkanes) is 1. The number of hydrogen-bond acceptors (Lipinski definition) is 7. The van der Waals surface area contributed by atoms with Gasteiger partial charge in [-0.25, -0.2) is 4.79 Å². The van der Waals surface area contributed by atoms with Crippen LogP contribution in [0.1, 0.15) is 37.7 Å². The quantitative estimate of drug-likeness (QED) is 0.160. The van der Waals surface area contributed by atoms with Gasteiger partial charge in [0.2, 0.25) is 17.7 Å². The molecule has 8 N–H and O–H groups in total. The largest absolute Gasteiger partial charge is 0.480 e. The van der Waals surface area contributed by atoms with E-state index in [4.69, 9.17) is 5.73 Å². The topological polar surface area (TPSA) is 183 Å². The van der Waals surface area contributed by atoms with Crippen LogP contribution >= 0.6 is 0 Å². The molecule has 0 saturated carbocycles. The summed E-state index contributed by atoms with van der Waals surface area (Å²) in [6.07, 6.45) is 2.92. The van der Waals surface area contributed by atoms with Crippen LogP contribution in [-0.2, 0) is 25.6 Å². The second kappa shape index (κ2) is 14.3. The van der Waals surface area contributed by atoms with E-state index >= 15 is 0 Å². The molecule has 3 amide bonds. The summed E-state index contributed by atoms with van der Waals surface area (Å²) in [6.45, 7) is 0.460. The molecule has 1 aliphatic rings. The monoisotopic (exact) mass is 477 g/mol. The number of hydrogen-bond donors (Lipinski definition) is 7. The van der Waals surface area contributed by atoms with Crippen LogP contribution in [0.15, 0.2) is 30.3 Å². The lowest BCUT2D eigenvalue weighted by Crippen LogP contribution is -2.58. The van der Waals surface area contributed by atoms with Crippen LogP contribution in [0, 0.1) is 0 Å². The molecule has 0 spiro atoms. The number of aliphatic hydroxyl groups is 1. The molecule has 4 unspecified atom stereocenters. The molecule has 2 rings (SSSR count). The van der Waals surface area contributed by atoms with E-state index in [0.29, 0.717) is 32.4 Å². The molecule has 1 aromatic rings. The van der Waals surface area contributed by atoms with Crippen molar-refractivity contribution in [1.29, 1.82) is 0 Å². The fourth-order valence-electron chi connectivity index (χ4n) is 3.73. The zero-order valence-electron chi connectivity index (χ0n) is 19.2. The summed E-state index contributed by atoms with van der Waals surface area (Å²) in [6, 6.07) is 5.01. The number of rotatable bonds is 14. The highest BCUT2D eigenvalue weighted by atomic mass is 16.4. The molecule has 0 radical (unpaired) electrons. The first kappa shape index (κ1) is 27.2. The SMILES string of the molecule is NCCCCC(NC(=O)C(Cc1ccccc1)NC(=O)C(CO)NC(=O)C1CCCN1)C(=O)O. The third-order valence-electron chi connectivity index (χ3n) is 5.67. The number of carbonyl (C=O) groups excluding carboxylic acids is 3. The number of aliphatic hydroxyl groups excluding tert-OH is 1. The summed E-state index contributed by atoms with van der Waals surface area (Å²) in [7, 11) is 0. The van der Waals surface area contributed by atoms with Gasteiger partial charge < -0.3 is 37.2 Å². The molecular formula is C23H35N5O6. The molecule has 4 atom stereocenters. The Morgan fingerprint density at radius 1 is 1.00 bits per heavy atom. The Morgan fingerprint density at radius 3 is 2.26 bits per heavy atom. The number of amides is 3. The van der Waals surface area contributed by atoms with Crippen molar-refractivity contribution in [3.63, 3.8) is 0 Å². The van der Waals surface area contributed by atoms with Crippen LogP contribution in [0.2, 0.25) is 0 Å². The van der Waals surface area contributed by atoms with E-state index in [-0.39, 0.29) is 12.8 Å². The predicted molar refractivity (Wildman–Crippen MR) is 125 cm³/mol. The molecule has 1 aliphatic heterocycles. The molecule has 11 nitrogen and oxygen atoms in total. The second-order valence-electron chi connectivity index (χ2n) is 8.33. The van der Waals surface area contributed by atoms with Gasteiger partial charge in [0, 0.05) is 6.42 Å². The van der Waals surface area contributed by atoms with E-state index in [1.165, 1.54) is 0 Å². The summed E-state index contributed by atoms with van der Waals surface area (Å²) in [5, 5.41) is 29.7. The van der Waals surface area contributed by atoms with E-state index in [2.05, 4.69) is 21.3 Å². The molecule has 1 fully saturated rings. The molecule has 1 saturated heterocycles. The third kappa shape index (κ3) is 8.73. The van der Waals surface area contributed by atoms with Crippen molar-refractivity contribution in [2.24, 2.45) is 5.73 Å². The minimum atomic E-state index is -1.25. The Kier molecular flexibility index (Phi) is 11.4. The first-order valence-electron chi connectivity index (χ1n) is 11.6. The highest BCUT2D eigenvalue weighted by molar-refractivity contribution is 5.94. The molecule has 1 aromatic carbocycles. The van der Waals surface area contributed by atoms with Gasteiger partial charge in [-0.2, -0.15) is 0 Å². The Bertz CT molecular complexity index is 815. The van der Waals surface area contributed by atoms with E-state index in [9.17, 15) is 29.4 Å². The number of nitrogens with two attached hydrogens (primary N) is 1. The number of carboxylic acids is 1. The lowest BCUT2D eigenvalue weighted by Gasteiger charge is -2.24. The lowest BCUT2D eigenvalue weighted by molar-refractivity contribution is -0.142. The van der Waals surface area contributed by atoms with Crippen molar-refractivity contribution in [3.8, 4) is 0 Å². The number of carboxylic acid groups (broad SMARTS) is 1. The maximum Gasteiger partial charge on any atom is 0.326 e. The van der Waals surface area contributed by atoms with Gasteiger partial charge in [-0.05, 0) is 50.8 Å². The van der Waals surface area contributed by atoms with Crippen LogP contribution in [-0.4, -0.2) is 77.8 Å². The number of nitrogens with one attached hydrogen (secondary N) is 4. The van der Waals surface area contributed by atoms with Gasteiger partial charge in [0.1, 0.15) is 18.1 Å². The van der Waals surface area contributed by atoms with E-state index in [0.717, 1.165) is 12.0 Å². The molecule has 0 aliphatic carbocycles. The summed E-state index contributed by atoms with van der Waals surface area (Å²) in [5.74, 6) is -2.99. The standard InChI is InChI=1S/C23H35N5O6/c24-11-5-4-9-17(23(33)34)26-21(31)18(13-15-7-2-1-3-8-15)27-22(32)19(14-29)28-20(30)16-10-6-12-25-16/h1-3,7-8,16-19,25,29H,4-6,9-14,24H2,(H,26,31)(H,27,32)(H,28,30)(H,33,34). The summed E-state index contributed by atoms with van der Waals surface area (Å²) in [4.78, 5) is 49.8. The number of aliphatic carboxylic acids is 1. The van der Waals surface area contributed by atoms with Crippen molar-refractivity contribution in [3.05, 3.63) is 35.9 Å². The lowest BCUT2D eigenvalue weighted by atomic mass is 10.0. The minimum Gasteiger partial charge on any atom is -0.480 e. The van der Waals surface area contributed by atoms with Gasteiger partial charge in [0.15, 0.2) is 0 Å². The molecule has 0 aromatic heterocycles. The first-order chi connectivity index (χ1) is 16.3. The molecule has 34 heavy (non-hydrogen) atoms. The Morgan fingerprint density at radius 2 is 1.68 bits per heavy atom. The van der Waals surface area contributed by atoms with Crippen LogP contribution in [0.3, 0.4) is 0 Å². The Hall–Kier alpha value is -3.02. The highest BCUT2D eigenvalue weighted by Gasteiger charge is 2.31. The Balaban J connectivity index is 2.09. The van der Waals surface area contributed by atoms with E-state index < -0.39 is 54.5 Å². The molecule has 11 heteroatoms. The number of benzene rings is 1. The zero-order valence-corrected chi connectivity index (χ0v) is 19.2. The van der Waals surface area contributed by atoms with Crippen molar-refractivity contribution in [1.82, 2.24) is 21.3 Å². The van der Waals surface area contributed by atoms with Crippen LogP contribution in [0.4, 0.5) is 0 Å². The van der Waals surface area contributed by atoms with Gasteiger partial charge in [-0.15, -0.1) is 0 Å². The van der Waals surface area contributed by atoms with Crippen molar-refractivity contribution in [2.45, 2.75) is 62.7 Å². The average Bonchev–Trinajstić information content (AvgIpc) is 3.37. The third-order valence-corrected chi connectivity index (χ3v) is 5.67. The molecule has 188 valence electrons. The number of carbonyl (C=O) groups is 4. The maximum atomic E-state index is 13.0. The second-order valence-corrected chi connectivity index (χ2v) is 8.33. The molecular weight excluding hydrogens is 442 g/mol. The van der Waals surface area contributed by atoms with Gasteiger partial charge in [0.05, 0.1) is 12.6 Å². The van der Waals surface area contributed by atoms with Crippen LogP contribution in [0.25, 0.3) is 0 Å². The van der Waals surface area contributed by atoms with Crippen molar-refractivity contribution in [2.75, 3.05) is 19.7 Å². The van der Waals surface area contributed by atoms with Gasteiger partial charge in [-0.3, -0.25) is 14.4 Å². The summed E-state index contributed by atoms with van der Waals surface area (Å²) < 4.78 is 0. The van der Waals surface area contributed by atoms with E-state index in [1.807, 2.05) is 6.07 Å². The van der Waals surface area contributed by atoms with Gasteiger partial charge in [-0.1, -0.05) is 30.3 Å². The minimum absolute atomic E-state index is 0.101.